The first-order chi connectivity index (χ1) is 18.2. The van der Waals surface area contributed by atoms with Gasteiger partial charge < -0.3 is 9.53 Å². The summed E-state index contributed by atoms with van der Waals surface area (Å²) >= 11 is 12.8. The molecule has 1 aromatic heterocycles. The van der Waals surface area contributed by atoms with Crippen LogP contribution >= 0.6 is 23.2 Å². The highest BCUT2D eigenvalue weighted by Crippen LogP contribution is 2.47. The molecule has 3 aromatic carbocycles. The van der Waals surface area contributed by atoms with E-state index in [1.165, 1.54) is 23.0 Å². The molecule has 5 rings (SSSR count). The number of ether oxygens (including phenoxy) is 1. The molecule has 1 atom stereocenters. The number of carbonyl (C=O) groups is 2. The molecule has 194 valence electrons. The maximum atomic E-state index is 15.4. The molecule has 1 amide bonds. The zero-order valence-electron chi connectivity index (χ0n) is 20.7. The van der Waals surface area contributed by atoms with Crippen LogP contribution in [0.1, 0.15) is 37.0 Å². The number of anilines is 1. The van der Waals surface area contributed by atoms with Crippen molar-refractivity contribution in [3.8, 4) is 22.3 Å². The molecule has 0 unspecified atom stereocenters. The Kier molecular flexibility index (Phi) is 6.99. The summed E-state index contributed by atoms with van der Waals surface area (Å²) in [4.78, 5) is 24.1. The van der Waals surface area contributed by atoms with Gasteiger partial charge in [0.2, 0.25) is 0 Å². The number of amides is 1. The topological polar surface area (TPSA) is 73.2 Å². The monoisotopic (exact) mass is 551 g/mol. The quantitative estimate of drug-likeness (QED) is 0.238. The molecule has 1 saturated carbocycles. The predicted molar refractivity (Wildman–Crippen MR) is 146 cm³/mol. The lowest BCUT2D eigenvalue weighted by atomic mass is 9.94. The van der Waals surface area contributed by atoms with Crippen molar-refractivity contribution >= 4 is 41.4 Å². The van der Waals surface area contributed by atoms with E-state index in [0.717, 1.165) is 30.3 Å². The predicted octanol–water partition coefficient (Wildman–Crippen LogP) is 7.74. The van der Waals surface area contributed by atoms with Crippen molar-refractivity contribution in [3.63, 3.8) is 0 Å². The fourth-order valence-electron chi connectivity index (χ4n) is 4.50. The molecule has 1 fully saturated rings. The third-order valence-corrected chi connectivity index (χ3v) is 7.58. The van der Waals surface area contributed by atoms with Crippen molar-refractivity contribution in [1.29, 1.82) is 0 Å². The zero-order chi connectivity index (χ0) is 27.0. The summed E-state index contributed by atoms with van der Waals surface area (Å²) in [5.74, 6) is -0.286. The van der Waals surface area contributed by atoms with Gasteiger partial charge in [-0.2, -0.15) is 5.10 Å². The van der Waals surface area contributed by atoms with Gasteiger partial charge in [0.1, 0.15) is 24.0 Å². The number of carbonyl (C=O) groups excluding carboxylic acids is 2. The van der Waals surface area contributed by atoms with Crippen LogP contribution in [0.4, 0.5) is 15.0 Å². The van der Waals surface area contributed by atoms with E-state index < -0.39 is 18.0 Å². The highest BCUT2D eigenvalue weighted by Gasteiger charge is 2.44. The molecule has 1 aliphatic rings. The summed E-state index contributed by atoms with van der Waals surface area (Å²) in [6.07, 6.45) is 2.77. The highest BCUT2D eigenvalue weighted by molar-refractivity contribution is 6.33. The van der Waals surface area contributed by atoms with Crippen LogP contribution in [-0.4, -0.2) is 22.2 Å². The van der Waals surface area contributed by atoms with Gasteiger partial charge in [-0.3, -0.25) is 10.00 Å². The van der Waals surface area contributed by atoms with Crippen molar-refractivity contribution in [2.75, 3.05) is 5.32 Å². The third-order valence-electron chi connectivity index (χ3n) is 6.92. The maximum absolute atomic E-state index is 15.4. The van der Waals surface area contributed by atoms with E-state index >= 15 is 4.39 Å². The molecule has 0 bridgehead atoms. The Morgan fingerprint density at radius 1 is 1.08 bits per heavy atom. The van der Waals surface area contributed by atoms with E-state index in [2.05, 4.69) is 10.4 Å². The SMILES string of the molecule is C[C@@H](OC(=O)Nc1c(-c2cc(Cl)c(-c3ccc(C4(C=O)CC4)cc3)cc2F)cnn1C)c1ccccc1Cl. The zero-order valence-corrected chi connectivity index (χ0v) is 22.2. The van der Waals surface area contributed by atoms with Gasteiger partial charge in [0, 0.05) is 39.3 Å². The van der Waals surface area contributed by atoms with Gasteiger partial charge in [-0.05, 0) is 49.1 Å². The Morgan fingerprint density at radius 3 is 2.45 bits per heavy atom. The number of aromatic nitrogens is 2. The first-order valence-electron chi connectivity index (χ1n) is 12.0. The average molecular weight is 552 g/mol. The van der Waals surface area contributed by atoms with Crippen LogP contribution in [0.2, 0.25) is 10.0 Å². The molecule has 38 heavy (non-hydrogen) atoms. The van der Waals surface area contributed by atoms with Crippen LogP contribution < -0.4 is 5.32 Å². The maximum Gasteiger partial charge on any atom is 0.413 e. The van der Waals surface area contributed by atoms with Crippen LogP contribution in [-0.2, 0) is 22.0 Å². The van der Waals surface area contributed by atoms with Crippen LogP contribution in [0.5, 0.6) is 0 Å². The molecule has 9 heteroatoms. The van der Waals surface area contributed by atoms with E-state index in [9.17, 15) is 9.59 Å². The van der Waals surface area contributed by atoms with Gasteiger partial charge in [0.05, 0.1) is 11.6 Å². The molecule has 0 aliphatic heterocycles. The van der Waals surface area contributed by atoms with E-state index in [-0.39, 0.29) is 16.8 Å². The van der Waals surface area contributed by atoms with Crippen molar-refractivity contribution < 1.29 is 18.7 Å². The van der Waals surface area contributed by atoms with E-state index in [1.807, 2.05) is 24.3 Å². The van der Waals surface area contributed by atoms with E-state index in [0.29, 0.717) is 26.7 Å². The number of hydrogen-bond acceptors (Lipinski definition) is 4. The lowest BCUT2D eigenvalue weighted by Gasteiger charge is -2.16. The lowest BCUT2D eigenvalue weighted by Crippen LogP contribution is -2.18. The van der Waals surface area contributed by atoms with Crippen molar-refractivity contribution in [2.45, 2.75) is 31.3 Å². The van der Waals surface area contributed by atoms with Gasteiger partial charge in [0.15, 0.2) is 0 Å². The number of halogens is 3. The minimum absolute atomic E-state index is 0.177. The largest absolute Gasteiger partial charge is 0.441 e. The number of nitrogens with zero attached hydrogens (tertiary/aromatic N) is 2. The summed E-state index contributed by atoms with van der Waals surface area (Å²) in [7, 11) is 1.62. The van der Waals surface area contributed by atoms with Crippen LogP contribution in [0.3, 0.4) is 0 Å². The van der Waals surface area contributed by atoms with Crippen LogP contribution in [0.15, 0.2) is 66.9 Å². The lowest BCUT2D eigenvalue weighted by molar-refractivity contribution is -0.109. The second kappa shape index (κ2) is 10.2. The summed E-state index contributed by atoms with van der Waals surface area (Å²) in [5, 5.41) is 7.65. The smallest absolute Gasteiger partial charge is 0.413 e. The van der Waals surface area contributed by atoms with E-state index in [1.54, 1.807) is 38.2 Å². The minimum atomic E-state index is -0.741. The number of hydrogen-bond donors (Lipinski definition) is 1. The summed E-state index contributed by atoms with van der Waals surface area (Å²) in [5.41, 5.74) is 3.00. The number of benzene rings is 3. The van der Waals surface area contributed by atoms with Gasteiger partial charge in [-0.1, -0.05) is 65.7 Å². The molecule has 6 nitrogen and oxygen atoms in total. The van der Waals surface area contributed by atoms with E-state index in [4.69, 9.17) is 27.9 Å². The van der Waals surface area contributed by atoms with Crippen LogP contribution in [0, 0.1) is 5.82 Å². The fraction of sp³-hybridized carbons (Fsp3) is 0.207. The molecule has 1 N–H and O–H groups in total. The Hall–Kier alpha value is -3.68. The minimum Gasteiger partial charge on any atom is -0.441 e. The Balaban J connectivity index is 1.38. The summed E-state index contributed by atoms with van der Waals surface area (Å²) in [6, 6.07) is 17.4. The third kappa shape index (κ3) is 4.91. The van der Waals surface area contributed by atoms with Gasteiger partial charge >= 0.3 is 6.09 Å². The highest BCUT2D eigenvalue weighted by atomic mass is 35.5. The molecule has 0 spiro atoms. The number of nitrogens with one attached hydrogen (secondary N) is 1. The summed E-state index contributed by atoms with van der Waals surface area (Å²) < 4.78 is 22.3. The summed E-state index contributed by atoms with van der Waals surface area (Å²) in [6.45, 7) is 1.71. The number of aldehydes is 1. The fourth-order valence-corrected chi connectivity index (χ4v) is 5.07. The molecule has 1 aliphatic carbocycles. The molecule has 0 saturated heterocycles. The molecule has 0 radical (unpaired) electrons. The average Bonchev–Trinajstić information content (AvgIpc) is 3.63. The first kappa shape index (κ1) is 25.9. The second-order valence-corrected chi connectivity index (χ2v) is 10.2. The Labute approximate surface area is 229 Å². The van der Waals surface area contributed by atoms with Crippen molar-refractivity contribution in [1.82, 2.24) is 9.78 Å². The standard InChI is InChI=1S/C29H24Cl2FN3O3/c1-17(20-5-3-4-6-24(20)30)38-28(37)34-27-23(15-33-35(27)2)22-13-25(31)21(14-26(22)32)18-7-9-19(10-8-18)29(16-36)11-12-29/h3-10,13-17H,11-12H2,1-2H3,(H,34,37)/t17-/m1/s1. The first-order valence-corrected chi connectivity index (χ1v) is 12.8. The van der Waals surface area contributed by atoms with Crippen molar-refractivity contribution in [3.05, 3.63) is 93.8 Å². The normalized spacial score (nSPS) is 14.6. The van der Waals surface area contributed by atoms with Gasteiger partial charge in [-0.25, -0.2) is 9.18 Å². The number of rotatable bonds is 7. The van der Waals surface area contributed by atoms with Crippen molar-refractivity contribution in [2.24, 2.45) is 7.05 Å². The molecule has 1 heterocycles. The second-order valence-electron chi connectivity index (χ2n) is 9.39. The molecule has 4 aromatic rings. The van der Waals surface area contributed by atoms with Gasteiger partial charge in [-0.15, -0.1) is 0 Å². The molecular formula is C29H24Cl2FN3O3. The molecular weight excluding hydrogens is 528 g/mol. The number of aryl methyl sites for hydroxylation is 1. The Bertz CT molecular complexity index is 1530. The Morgan fingerprint density at radius 2 is 1.79 bits per heavy atom. The van der Waals surface area contributed by atoms with Crippen LogP contribution in [0.25, 0.3) is 22.3 Å². The van der Waals surface area contributed by atoms with Gasteiger partial charge in [0.25, 0.3) is 0 Å².